The standard InChI is InChI=1S/C13H8ClNOS/c14-11-8-17-12-7-6-10(13(16)15(11)12)9-4-2-1-3-5-9/h1-8H. The summed E-state index contributed by atoms with van der Waals surface area (Å²) in [7, 11) is 0. The number of rotatable bonds is 1. The number of fused-ring (bicyclic) bond motifs is 1. The van der Waals surface area contributed by atoms with Crippen LogP contribution in [0, 0.1) is 0 Å². The molecule has 0 aliphatic rings. The number of aromatic nitrogens is 1. The highest BCUT2D eigenvalue weighted by Crippen LogP contribution is 2.22. The minimum atomic E-state index is -0.0695. The smallest absolute Gasteiger partial charge is 0.264 e. The van der Waals surface area contributed by atoms with E-state index < -0.39 is 0 Å². The highest BCUT2D eigenvalue weighted by Gasteiger charge is 2.08. The zero-order valence-corrected chi connectivity index (χ0v) is 10.3. The molecule has 3 rings (SSSR count). The first-order chi connectivity index (χ1) is 8.27. The molecule has 2 heterocycles. The fourth-order valence-electron chi connectivity index (χ4n) is 1.81. The molecule has 0 N–H and O–H groups in total. The maximum absolute atomic E-state index is 12.3. The molecule has 0 radical (unpaired) electrons. The predicted molar refractivity (Wildman–Crippen MR) is 72.0 cm³/mol. The maximum atomic E-state index is 12.3. The molecule has 0 atom stereocenters. The third kappa shape index (κ3) is 1.68. The van der Waals surface area contributed by atoms with Crippen LogP contribution in [-0.4, -0.2) is 4.40 Å². The van der Waals surface area contributed by atoms with Crippen LogP contribution in [0.15, 0.2) is 52.6 Å². The lowest BCUT2D eigenvalue weighted by Gasteiger charge is -2.01. The van der Waals surface area contributed by atoms with Crippen LogP contribution >= 0.6 is 22.9 Å². The highest BCUT2D eigenvalue weighted by atomic mass is 35.5. The van der Waals surface area contributed by atoms with Crippen molar-refractivity contribution < 1.29 is 0 Å². The largest absolute Gasteiger partial charge is 0.268 e. The molecule has 1 aromatic carbocycles. The van der Waals surface area contributed by atoms with Crippen LogP contribution < -0.4 is 5.56 Å². The van der Waals surface area contributed by atoms with Gasteiger partial charge in [-0.1, -0.05) is 41.9 Å². The van der Waals surface area contributed by atoms with Gasteiger partial charge in [0.15, 0.2) is 0 Å². The van der Waals surface area contributed by atoms with E-state index >= 15 is 0 Å². The molecule has 0 spiro atoms. The number of nitrogens with zero attached hydrogens (tertiary/aromatic N) is 1. The van der Waals surface area contributed by atoms with Crippen LogP contribution in [0.5, 0.6) is 0 Å². The van der Waals surface area contributed by atoms with Gasteiger partial charge in [0, 0.05) is 10.9 Å². The Kier molecular flexibility index (Phi) is 2.50. The predicted octanol–water partition coefficient (Wildman–Crippen LogP) is 3.68. The molecule has 0 aliphatic carbocycles. The summed E-state index contributed by atoms with van der Waals surface area (Å²) in [5.74, 6) is 0. The lowest BCUT2D eigenvalue weighted by molar-refractivity contribution is 1.13. The quantitative estimate of drug-likeness (QED) is 0.655. The second kappa shape index (κ2) is 4.02. The first-order valence-electron chi connectivity index (χ1n) is 5.11. The van der Waals surface area contributed by atoms with Gasteiger partial charge in [-0.3, -0.25) is 9.20 Å². The van der Waals surface area contributed by atoms with Crippen LogP contribution in [0.4, 0.5) is 0 Å². The van der Waals surface area contributed by atoms with Crippen LogP contribution in [0.25, 0.3) is 16.0 Å². The first-order valence-corrected chi connectivity index (χ1v) is 6.37. The van der Waals surface area contributed by atoms with E-state index in [4.69, 9.17) is 11.6 Å². The van der Waals surface area contributed by atoms with E-state index in [-0.39, 0.29) is 5.56 Å². The summed E-state index contributed by atoms with van der Waals surface area (Å²) in [5, 5.41) is 2.24. The van der Waals surface area contributed by atoms with Crippen molar-refractivity contribution in [3.05, 3.63) is 63.4 Å². The fourth-order valence-corrected chi connectivity index (χ4v) is 2.92. The Morgan fingerprint density at radius 1 is 1.06 bits per heavy atom. The van der Waals surface area contributed by atoms with Crippen LogP contribution in [0.1, 0.15) is 0 Å². The number of halogens is 1. The maximum Gasteiger partial charge on any atom is 0.264 e. The van der Waals surface area contributed by atoms with Crippen molar-refractivity contribution in [3.63, 3.8) is 0 Å². The third-order valence-electron chi connectivity index (χ3n) is 2.62. The third-order valence-corrected chi connectivity index (χ3v) is 3.93. The SMILES string of the molecule is O=c1c(-c2ccccc2)ccc2scc(Cl)n12. The summed E-state index contributed by atoms with van der Waals surface area (Å²) in [6, 6.07) is 13.4. The Morgan fingerprint density at radius 2 is 1.82 bits per heavy atom. The van der Waals surface area contributed by atoms with Crippen molar-refractivity contribution in [2.24, 2.45) is 0 Å². The molecule has 0 fully saturated rings. The molecular formula is C13H8ClNOS. The molecule has 2 aromatic heterocycles. The zero-order chi connectivity index (χ0) is 11.8. The van der Waals surface area contributed by atoms with Crippen molar-refractivity contribution in [2.45, 2.75) is 0 Å². The number of benzene rings is 1. The van der Waals surface area contributed by atoms with E-state index in [9.17, 15) is 4.79 Å². The van der Waals surface area contributed by atoms with Crippen LogP contribution in [0.2, 0.25) is 5.15 Å². The molecule has 17 heavy (non-hydrogen) atoms. The Balaban J connectivity index is 2.36. The van der Waals surface area contributed by atoms with Gasteiger partial charge in [-0.25, -0.2) is 0 Å². The fraction of sp³-hybridized carbons (Fsp3) is 0. The van der Waals surface area contributed by atoms with E-state index in [0.717, 1.165) is 10.4 Å². The molecule has 0 bridgehead atoms. The van der Waals surface area contributed by atoms with Crippen molar-refractivity contribution in [3.8, 4) is 11.1 Å². The van der Waals surface area contributed by atoms with Crippen LogP contribution in [0.3, 0.4) is 0 Å². The summed E-state index contributed by atoms with van der Waals surface area (Å²) in [5.41, 5.74) is 1.51. The van der Waals surface area contributed by atoms with E-state index in [1.807, 2.05) is 42.5 Å². The van der Waals surface area contributed by atoms with Crippen LogP contribution in [-0.2, 0) is 0 Å². The van der Waals surface area contributed by atoms with Gasteiger partial charge in [-0.2, -0.15) is 0 Å². The summed E-state index contributed by atoms with van der Waals surface area (Å²) in [4.78, 5) is 13.2. The van der Waals surface area contributed by atoms with Gasteiger partial charge in [-0.05, 0) is 17.7 Å². The molecule has 0 saturated carbocycles. The summed E-state index contributed by atoms with van der Waals surface area (Å²) >= 11 is 7.47. The number of hydrogen-bond acceptors (Lipinski definition) is 2. The lowest BCUT2D eigenvalue weighted by Crippen LogP contribution is -2.13. The number of thiazole rings is 1. The molecule has 0 saturated heterocycles. The van der Waals surface area contributed by atoms with Gasteiger partial charge in [-0.15, -0.1) is 11.3 Å². The summed E-state index contributed by atoms with van der Waals surface area (Å²) < 4.78 is 1.54. The van der Waals surface area contributed by atoms with Gasteiger partial charge in [0.25, 0.3) is 5.56 Å². The molecule has 0 unspecified atom stereocenters. The molecule has 0 aliphatic heterocycles. The van der Waals surface area contributed by atoms with E-state index in [1.165, 1.54) is 15.7 Å². The number of pyridine rings is 1. The molecular weight excluding hydrogens is 254 g/mol. The molecule has 3 aromatic rings. The summed E-state index contributed by atoms with van der Waals surface area (Å²) in [6.45, 7) is 0. The van der Waals surface area contributed by atoms with Crippen molar-refractivity contribution in [1.29, 1.82) is 0 Å². The van der Waals surface area contributed by atoms with E-state index in [1.54, 1.807) is 5.38 Å². The minimum Gasteiger partial charge on any atom is -0.268 e. The summed E-state index contributed by atoms with van der Waals surface area (Å²) in [6.07, 6.45) is 0. The van der Waals surface area contributed by atoms with E-state index in [0.29, 0.717) is 10.7 Å². The second-order valence-corrected chi connectivity index (χ2v) is 4.93. The minimum absolute atomic E-state index is 0.0695. The topological polar surface area (TPSA) is 21.5 Å². The number of hydrogen-bond donors (Lipinski definition) is 0. The Bertz CT molecular complexity index is 730. The van der Waals surface area contributed by atoms with Crippen molar-refractivity contribution >= 4 is 27.8 Å². The highest BCUT2D eigenvalue weighted by molar-refractivity contribution is 7.16. The van der Waals surface area contributed by atoms with Crippen molar-refractivity contribution in [2.75, 3.05) is 0 Å². The Hall–Kier alpha value is -1.58. The van der Waals surface area contributed by atoms with Crippen molar-refractivity contribution in [1.82, 2.24) is 4.40 Å². The van der Waals surface area contributed by atoms with Gasteiger partial charge in [0.2, 0.25) is 0 Å². The second-order valence-electron chi connectivity index (χ2n) is 3.65. The Morgan fingerprint density at radius 3 is 2.59 bits per heavy atom. The average Bonchev–Trinajstić information content (AvgIpc) is 2.73. The van der Waals surface area contributed by atoms with E-state index in [2.05, 4.69) is 0 Å². The van der Waals surface area contributed by atoms with Gasteiger partial charge >= 0.3 is 0 Å². The monoisotopic (exact) mass is 261 g/mol. The lowest BCUT2D eigenvalue weighted by atomic mass is 10.1. The van der Waals surface area contributed by atoms with Gasteiger partial charge < -0.3 is 0 Å². The molecule has 0 amide bonds. The first kappa shape index (κ1) is 10.6. The molecule has 4 heteroatoms. The average molecular weight is 262 g/mol. The Labute approximate surface area is 107 Å². The normalized spacial score (nSPS) is 10.9. The molecule has 84 valence electrons. The van der Waals surface area contributed by atoms with Gasteiger partial charge in [0.05, 0.1) is 0 Å². The molecule has 2 nitrogen and oxygen atoms in total. The van der Waals surface area contributed by atoms with Gasteiger partial charge in [0.1, 0.15) is 9.98 Å². The zero-order valence-electron chi connectivity index (χ0n) is 8.76.